The Morgan fingerprint density at radius 2 is 2.07 bits per heavy atom. The third-order valence-electron chi connectivity index (χ3n) is 6.12. The minimum atomic E-state index is -0.202. The number of nitrogens with one attached hydrogen (secondary N) is 1. The molecule has 2 aromatic heterocycles. The highest BCUT2D eigenvalue weighted by molar-refractivity contribution is 6.33. The van der Waals surface area contributed by atoms with E-state index in [2.05, 4.69) is 32.5 Å². The first-order valence-corrected chi connectivity index (χ1v) is 10.4. The first-order chi connectivity index (χ1) is 14.4. The van der Waals surface area contributed by atoms with Gasteiger partial charge in [0.2, 0.25) is 0 Å². The lowest BCUT2D eigenvalue weighted by Gasteiger charge is -2.63. The van der Waals surface area contributed by atoms with E-state index in [1.54, 1.807) is 42.8 Å². The van der Waals surface area contributed by atoms with Crippen molar-refractivity contribution in [3.05, 3.63) is 42.2 Å². The quantitative estimate of drug-likeness (QED) is 0.691. The molecule has 6 rings (SSSR count). The van der Waals surface area contributed by atoms with Gasteiger partial charge < -0.3 is 14.8 Å². The fourth-order valence-electron chi connectivity index (χ4n) is 5.12. The van der Waals surface area contributed by atoms with Gasteiger partial charge >= 0.3 is 6.03 Å². The van der Waals surface area contributed by atoms with Gasteiger partial charge in [0.25, 0.3) is 0 Å². The average molecular weight is 427 g/mol. The summed E-state index contributed by atoms with van der Waals surface area (Å²) >= 11 is 6.35. The van der Waals surface area contributed by atoms with Crippen LogP contribution in [0.2, 0.25) is 5.02 Å². The Hall–Kier alpha value is -2.94. The molecule has 30 heavy (non-hydrogen) atoms. The third kappa shape index (κ3) is 3.23. The molecule has 156 valence electrons. The molecule has 2 bridgehead atoms. The highest BCUT2D eigenvalue weighted by Crippen LogP contribution is 2.50. The second kappa shape index (κ2) is 7.09. The molecule has 0 spiro atoms. The van der Waals surface area contributed by atoms with Gasteiger partial charge in [0.15, 0.2) is 5.82 Å². The van der Waals surface area contributed by atoms with Gasteiger partial charge in [-0.15, -0.1) is 10.2 Å². The molecule has 0 radical (unpaired) electrons. The predicted octanol–water partition coefficient (Wildman–Crippen LogP) is 3.20. The van der Waals surface area contributed by atoms with Crippen molar-refractivity contribution in [1.82, 2.24) is 34.4 Å². The van der Waals surface area contributed by atoms with E-state index < -0.39 is 0 Å². The fraction of sp³-hybridized carbons (Fsp3) is 0.450. The van der Waals surface area contributed by atoms with Gasteiger partial charge in [-0.25, -0.2) is 9.78 Å². The van der Waals surface area contributed by atoms with Crippen molar-refractivity contribution >= 4 is 23.3 Å². The summed E-state index contributed by atoms with van der Waals surface area (Å²) in [6.45, 7) is 2.96. The van der Waals surface area contributed by atoms with E-state index in [9.17, 15) is 4.79 Å². The third-order valence-corrected chi connectivity index (χ3v) is 6.44. The Bertz CT molecular complexity index is 1080. The Morgan fingerprint density at radius 1 is 1.27 bits per heavy atom. The van der Waals surface area contributed by atoms with Gasteiger partial charge in [-0.1, -0.05) is 18.5 Å². The highest BCUT2D eigenvalue weighted by atomic mass is 35.5. The van der Waals surface area contributed by atoms with Crippen molar-refractivity contribution in [3.63, 3.8) is 0 Å². The van der Waals surface area contributed by atoms with Crippen LogP contribution in [0.4, 0.5) is 10.5 Å². The second-order valence-electron chi connectivity index (χ2n) is 8.50. The molecule has 3 aromatic rings. The molecule has 3 aliphatic rings. The number of benzene rings is 1. The average Bonchev–Trinajstić information content (AvgIpc) is 3.34. The number of nitrogens with zero attached hydrogens (tertiary/aromatic N) is 7. The molecule has 0 unspecified atom stereocenters. The molecule has 2 aliphatic heterocycles. The molecule has 10 heteroatoms. The summed E-state index contributed by atoms with van der Waals surface area (Å²) in [6.07, 6.45) is 8.05. The number of fused-ring (bicyclic) bond motifs is 2. The highest BCUT2D eigenvalue weighted by Gasteiger charge is 2.58. The fourth-order valence-corrected chi connectivity index (χ4v) is 5.32. The number of piperidine rings is 1. The number of urea groups is 1. The van der Waals surface area contributed by atoms with Crippen LogP contribution in [0.25, 0.3) is 11.4 Å². The molecule has 2 amide bonds. The normalized spacial score (nSPS) is 25.1. The zero-order valence-corrected chi connectivity index (χ0v) is 17.6. The number of aromatic nitrogens is 6. The molecule has 1 aromatic carbocycles. The van der Waals surface area contributed by atoms with E-state index in [-0.39, 0.29) is 17.6 Å². The van der Waals surface area contributed by atoms with Crippen LogP contribution in [0.15, 0.2) is 37.2 Å². The predicted molar refractivity (Wildman–Crippen MR) is 112 cm³/mol. The van der Waals surface area contributed by atoms with E-state index in [0.717, 1.165) is 19.3 Å². The maximum atomic E-state index is 13.3. The van der Waals surface area contributed by atoms with Crippen LogP contribution in [-0.4, -0.2) is 52.0 Å². The van der Waals surface area contributed by atoms with Gasteiger partial charge in [-0.3, -0.25) is 4.68 Å². The monoisotopic (exact) mass is 426 g/mol. The van der Waals surface area contributed by atoms with Gasteiger partial charge in [0.05, 0.1) is 10.6 Å². The van der Waals surface area contributed by atoms with Gasteiger partial charge in [0, 0.05) is 30.9 Å². The number of hydrogen-bond acceptors (Lipinski definition) is 5. The van der Waals surface area contributed by atoms with Crippen molar-refractivity contribution in [3.8, 4) is 11.4 Å². The smallest absolute Gasteiger partial charge is 0.318 e. The summed E-state index contributed by atoms with van der Waals surface area (Å²) in [7, 11) is 1.80. The Labute approximate surface area is 179 Å². The standard InChI is InChI=1S/C20H23ClN8O/c1-13-5-15-8-20(7-13,9-28-11-23-24-12-28)29(15)19(30)25-14-3-4-17(21)16(6-14)18-22-10-27(2)26-18/h3-4,6,10-13,15H,5,7-9H2,1-2H3,(H,25,30)/t13-,15+,20-/m1/s1. The minimum absolute atomic E-state index is 0.0894. The Kier molecular flexibility index (Phi) is 4.50. The molecule has 1 N–H and O–H groups in total. The molecule has 1 aliphatic carbocycles. The summed E-state index contributed by atoms with van der Waals surface area (Å²) < 4.78 is 3.58. The van der Waals surface area contributed by atoms with Crippen LogP contribution < -0.4 is 5.32 Å². The van der Waals surface area contributed by atoms with Crippen LogP contribution in [0.3, 0.4) is 0 Å². The number of halogens is 1. The topological polar surface area (TPSA) is 93.8 Å². The lowest BCUT2D eigenvalue weighted by molar-refractivity contribution is -0.0988. The van der Waals surface area contributed by atoms with E-state index in [4.69, 9.17) is 11.6 Å². The number of hydrogen-bond donors (Lipinski definition) is 1. The lowest BCUT2D eigenvalue weighted by atomic mass is 9.64. The van der Waals surface area contributed by atoms with Crippen LogP contribution in [0.1, 0.15) is 26.2 Å². The maximum absolute atomic E-state index is 13.3. The van der Waals surface area contributed by atoms with E-state index in [1.165, 1.54) is 0 Å². The molecule has 4 heterocycles. The molecule has 2 saturated heterocycles. The van der Waals surface area contributed by atoms with Crippen molar-refractivity contribution in [1.29, 1.82) is 0 Å². The zero-order chi connectivity index (χ0) is 20.9. The van der Waals surface area contributed by atoms with E-state index >= 15 is 0 Å². The van der Waals surface area contributed by atoms with E-state index in [1.807, 2.05) is 15.5 Å². The SMILES string of the molecule is C[C@@H]1C[C@H]2C[C@@](Cn3cnnc3)(C1)N2C(=O)Nc1ccc(Cl)c(-c2ncn(C)n2)c1. The van der Waals surface area contributed by atoms with E-state index in [0.29, 0.717) is 34.6 Å². The molecular weight excluding hydrogens is 404 g/mol. The number of anilines is 1. The number of amides is 2. The van der Waals surface area contributed by atoms with Gasteiger partial charge in [-0.2, -0.15) is 5.10 Å². The number of carbonyl (C=O) groups is 1. The van der Waals surface area contributed by atoms with Gasteiger partial charge in [-0.05, 0) is 43.4 Å². The van der Waals surface area contributed by atoms with Crippen molar-refractivity contribution < 1.29 is 4.79 Å². The zero-order valence-electron chi connectivity index (χ0n) is 16.9. The molecule has 3 fully saturated rings. The summed E-state index contributed by atoms with van der Waals surface area (Å²) in [5.41, 5.74) is 1.16. The molecule has 1 saturated carbocycles. The van der Waals surface area contributed by atoms with Crippen LogP contribution >= 0.6 is 11.6 Å². The second-order valence-corrected chi connectivity index (χ2v) is 8.91. The minimum Gasteiger partial charge on any atom is -0.318 e. The van der Waals surface area contributed by atoms with Gasteiger partial charge in [0.1, 0.15) is 19.0 Å². The van der Waals surface area contributed by atoms with Crippen molar-refractivity contribution in [2.75, 3.05) is 5.32 Å². The molecular formula is C20H23ClN8O. The number of carbonyl (C=O) groups excluding carboxylic acids is 1. The lowest BCUT2D eigenvalue weighted by Crippen LogP contribution is -2.73. The maximum Gasteiger partial charge on any atom is 0.322 e. The summed E-state index contributed by atoms with van der Waals surface area (Å²) in [5, 5.41) is 15.7. The molecule has 3 atom stereocenters. The van der Waals surface area contributed by atoms with Crippen molar-refractivity contribution in [2.45, 2.75) is 44.3 Å². The summed E-state index contributed by atoms with van der Waals surface area (Å²) in [6, 6.07) is 5.55. The first kappa shape index (κ1) is 19.0. The number of rotatable bonds is 4. The summed E-state index contributed by atoms with van der Waals surface area (Å²) in [5.74, 6) is 1.11. The Balaban J connectivity index is 1.38. The largest absolute Gasteiger partial charge is 0.322 e. The van der Waals surface area contributed by atoms with Crippen LogP contribution in [0.5, 0.6) is 0 Å². The van der Waals surface area contributed by atoms with Crippen molar-refractivity contribution in [2.24, 2.45) is 13.0 Å². The molecule has 9 nitrogen and oxygen atoms in total. The first-order valence-electron chi connectivity index (χ1n) is 10.0. The Morgan fingerprint density at radius 3 is 2.80 bits per heavy atom. The van der Waals surface area contributed by atoms with Crippen LogP contribution in [-0.2, 0) is 13.6 Å². The summed E-state index contributed by atoms with van der Waals surface area (Å²) in [4.78, 5) is 19.6. The van der Waals surface area contributed by atoms with Crippen LogP contribution in [0, 0.1) is 5.92 Å². The number of aryl methyl sites for hydroxylation is 1.